The zero-order valence-electron chi connectivity index (χ0n) is 25.5. The van der Waals surface area contributed by atoms with Gasteiger partial charge in [0, 0.05) is 42.4 Å². The van der Waals surface area contributed by atoms with E-state index >= 15 is 0 Å². The molecule has 0 amide bonds. The topological polar surface area (TPSA) is 89.2 Å². The van der Waals surface area contributed by atoms with Gasteiger partial charge in [-0.05, 0) is 114 Å². The smallest absolute Gasteiger partial charge is 0.149 e. The second-order valence-corrected chi connectivity index (χ2v) is 14.9. The maximum Gasteiger partial charge on any atom is 0.149 e. The van der Waals surface area contributed by atoms with E-state index in [1.807, 2.05) is 48.5 Å². The lowest BCUT2D eigenvalue weighted by Crippen LogP contribution is -2.27. The molecule has 0 bridgehead atoms. The molecule has 0 radical (unpaired) electrons. The largest absolute Gasteiger partial charge is 0.505 e. The highest BCUT2D eigenvalue weighted by Crippen LogP contribution is 2.42. The van der Waals surface area contributed by atoms with Crippen molar-refractivity contribution in [2.24, 2.45) is 9.98 Å². The number of hydrogen-bond donors (Lipinski definition) is 4. The molecule has 0 spiro atoms. The van der Waals surface area contributed by atoms with Crippen LogP contribution in [0.1, 0.15) is 73.9 Å². The summed E-state index contributed by atoms with van der Waals surface area (Å²) >= 11 is 14.5. The van der Waals surface area contributed by atoms with Crippen LogP contribution in [0.3, 0.4) is 0 Å². The van der Waals surface area contributed by atoms with Crippen LogP contribution in [-0.4, -0.2) is 34.7 Å². The van der Waals surface area contributed by atoms with Crippen molar-refractivity contribution in [2.45, 2.75) is 63.7 Å². The molecule has 10 heteroatoms. The van der Waals surface area contributed by atoms with Crippen molar-refractivity contribution < 1.29 is 10.2 Å². The van der Waals surface area contributed by atoms with E-state index in [0.29, 0.717) is 22.5 Å². The Kier molecular flexibility index (Phi) is 12.0. The predicted molar refractivity (Wildman–Crippen MR) is 205 cm³/mol. The van der Waals surface area contributed by atoms with Gasteiger partial charge in [0.1, 0.15) is 11.5 Å². The summed E-state index contributed by atoms with van der Waals surface area (Å²) in [5, 5.41) is 29.6. The number of phenolic OH excluding ortho intramolecular Hbond substituents is 2. The van der Waals surface area contributed by atoms with Gasteiger partial charge in [0.05, 0.1) is 34.6 Å². The number of phenols is 2. The van der Waals surface area contributed by atoms with Crippen molar-refractivity contribution in [1.29, 1.82) is 0 Å². The second-order valence-electron chi connectivity index (χ2n) is 11.5. The second kappa shape index (κ2) is 16.0. The van der Waals surface area contributed by atoms with Gasteiger partial charge >= 0.3 is 0 Å². The van der Waals surface area contributed by atoms with E-state index in [1.165, 1.54) is 0 Å². The van der Waals surface area contributed by atoms with Crippen LogP contribution in [0.5, 0.6) is 11.5 Å². The number of nitrogens with zero attached hydrogens (tertiary/aromatic N) is 2. The first-order valence-corrected chi connectivity index (χ1v) is 18.4. The molecule has 4 atom stereocenters. The maximum absolute atomic E-state index is 11.4. The fourth-order valence-corrected chi connectivity index (χ4v) is 8.34. The van der Waals surface area contributed by atoms with E-state index in [2.05, 4.69) is 112 Å². The Hall–Kier alpha value is -2.66. The van der Waals surface area contributed by atoms with Crippen molar-refractivity contribution in [3.63, 3.8) is 0 Å². The lowest BCUT2D eigenvalue weighted by Gasteiger charge is -2.26. The summed E-state index contributed by atoms with van der Waals surface area (Å²) in [6.45, 7) is 4.12. The Bertz CT molecular complexity index is 1590. The molecule has 1 aliphatic carbocycles. The zero-order valence-corrected chi connectivity index (χ0v) is 31.9. The van der Waals surface area contributed by atoms with Gasteiger partial charge < -0.3 is 20.8 Å². The molecule has 0 unspecified atom stereocenters. The first-order chi connectivity index (χ1) is 22.1. The highest BCUT2D eigenvalue weighted by Gasteiger charge is 2.25. The number of rotatable bonds is 10. The van der Waals surface area contributed by atoms with E-state index in [4.69, 9.17) is 9.98 Å². The third-order valence-electron chi connectivity index (χ3n) is 8.29. The van der Waals surface area contributed by atoms with E-state index in [0.717, 1.165) is 54.7 Å². The Morgan fingerprint density at radius 3 is 1.37 bits per heavy atom. The summed E-state index contributed by atoms with van der Waals surface area (Å²) in [5.41, 5.74) is 4.67. The average molecular weight is 876 g/mol. The quantitative estimate of drug-likeness (QED) is 0.0944. The fraction of sp³-hybridized carbons (Fsp3) is 0.278. The Balaban J connectivity index is 1.37. The summed E-state index contributed by atoms with van der Waals surface area (Å²) in [5.74, 6) is 0.245. The van der Waals surface area contributed by atoms with Crippen molar-refractivity contribution in [3.05, 3.63) is 113 Å². The van der Waals surface area contributed by atoms with Crippen molar-refractivity contribution in [1.82, 2.24) is 0 Å². The van der Waals surface area contributed by atoms with Crippen LogP contribution in [-0.2, 0) is 0 Å². The van der Waals surface area contributed by atoms with Crippen LogP contribution in [0.15, 0.2) is 101 Å². The summed E-state index contributed by atoms with van der Waals surface area (Å²) in [4.78, 5) is 9.92. The maximum atomic E-state index is 11.4. The first kappa shape index (κ1) is 34.7. The van der Waals surface area contributed by atoms with E-state index in [9.17, 15) is 10.2 Å². The SMILES string of the molecule is C[C@@H](Nc1c(Br)cc(Br)c(C=N[C@H]2CCCC[C@@H]2N=Cc2c(Br)cc(Br)c(N[C@H](C)c3ccccc3)c2O)c1O)c1ccccc1. The van der Waals surface area contributed by atoms with Gasteiger partial charge in [-0.1, -0.05) is 73.5 Å². The van der Waals surface area contributed by atoms with Gasteiger partial charge in [-0.2, -0.15) is 0 Å². The van der Waals surface area contributed by atoms with Gasteiger partial charge in [-0.3, -0.25) is 9.98 Å². The minimum Gasteiger partial charge on any atom is -0.505 e. The average Bonchev–Trinajstić information content (AvgIpc) is 3.05. The summed E-state index contributed by atoms with van der Waals surface area (Å²) in [7, 11) is 0. The molecule has 1 aliphatic rings. The third kappa shape index (κ3) is 8.24. The number of halogens is 4. The Labute approximate surface area is 304 Å². The number of anilines is 2. The van der Waals surface area contributed by atoms with Crippen molar-refractivity contribution >= 4 is 87.5 Å². The zero-order chi connectivity index (χ0) is 32.8. The van der Waals surface area contributed by atoms with E-state index in [-0.39, 0.29) is 35.7 Å². The summed E-state index contributed by atoms with van der Waals surface area (Å²) < 4.78 is 2.98. The molecule has 6 nitrogen and oxygen atoms in total. The van der Waals surface area contributed by atoms with Crippen molar-refractivity contribution in [2.75, 3.05) is 10.6 Å². The molecular formula is C36H36Br4N4O2. The molecule has 46 heavy (non-hydrogen) atoms. The van der Waals surface area contributed by atoms with Crippen LogP contribution in [0.2, 0.25) is 0 Å². The van der Waals surface area contributed by atoms with Crippen LogP contribution < -0.4 is 10.6 Å². The molecule has 1 saturated carbocycles. The summed E-state index contributed by atoms with van der Waals surface area (Å²) in [6.07, 6.45) is 7.39. The molecule has 0 aliphatic heterocycles. The molecule has 1 fully saturated rings. The first-order valence-electron chi connectivity index (χ1n) is 15.2. The highest BCUT2D eigenvalue weighted by molar-refractivity contribution is 9.11. The number of aliphatic imine (C=N–C) groups is 2. The van der Waals surface area contributed by atoms with Gasteiger partial charge in [-0.25, -0.2) is 0 Å². The van der Waals surface area contributed by atoms with Gasteiger partial charge in [0.25, 0.3) is 0 Å². The van der Waals surface area contributed by atoms with Crippen LogP contribution >= 0.6 is 63.7 Å². The number of nitrogens with one attached hydrogen (secondary N) is 2. The molecule has 0 aromatic heterocycles. The molecule has 240 valence electrons. The molecular weight excluding hydrogens is 840 g/mol. The number of hydrogen-bond acceptors (Lipinski definition) is 6. The fourth-order valence-electron chi connectivity index (χ4n) is 5.63. The minimum atomic E-state index is -0.0633. The van der Waals surface area contributed by atoms with E-state index < -0.39 is 0 Å². The Morgan fingerprint density at radius 2 is 1.00 bits per heavy atom. The normalized spacial score (nSPS) is 18.1. The van der Waals surface area contributed by atoms with Crippen LogP contribution in [0.4, 0.5) is 11.4 Å². The number of benzene rings is 4. The lowest BCUT2D eigenvalue weighted by molar-refractivity contribution is 0.390. The van der Waals surface area contributed by atoms with Crippen molar-refractivity contribution in [3.8, 4) is 11.5 Å². The lowest BCUT2D eigenvalue weighted by atomic mass is 9.91. The molecule has 0 saturated heterocycles. The third-order valence-corrected chi connectivity index (χ3v) is 10.9. The van der Waals surface area contributed by atoms with Crippen LogP contribution in [0, 0.1) is 0 Å². The molecule has 0 heterocycles. The standard InChI is InChI=1S/C36H36Br4N4O2/c1-21(23-11-5-3-6-12-23)43-33-29(39)17-27(37)25(35(33)45)19-41-31-15-9-10-16-32(31)42-20-26-28(38)18-30(40)34(36(26)46)44-22(2)24-13-7-4-8-14-24/h3-8,11-14,17-22,31-32,43-46H,9-10,15-16H2,1-2H3/t21-,22-,31+,32+/m1/s1. The monoisotopic (exact) mass is 872 g/mol. The highest BCUT2D eigenvalue weighted by atomic mass is 79.9. The number of aromatic hydroxyl groups is 2. The van der Waals surface area contributed by atoms with Crippen LogP contribution in [0.25, 0.3) is 0 Å². The molecule has 4 N–H and O–H groups in total. The van der Waals surface area contributed by atoms with E-state index in [1.54, 1.807) is 12.4 Å². The minimum absolute atomic E-state index is 0.0157. The summed E-state index contributed by atoms with van der Waals surface area (Å²) in [6, 6.07) is 23.9. The Morgan fingerprint density at radius 1 is 0.630 bits per heavy atom. The van der Waals surface area contributed by atoms with Gasteiger partial charge in [-0.15, -0.1) is 0 Å². The molecule has 5 rings (SSSR count). The van der Waals surface area contributed by atoms with Gasteiger partial charge in [0.15, 0.2) is 0 Å². The van der Waals surface area contributed by atoms with Gasteiger partial charge in [0.2, 0.25) is 0 Å². The molecule has 4 aromatic carbocycles. The molecule has 4 aromatic rings. The predicted octanol–water partition coefficient (Wildman–Crippen LogP) is 11.3.